The molecular formula is C22H27ClN4O3. The normalized spacial score (nSPS) is 21.2. The van der Waals surface area contributed by atoms with Crippen LogP contribution in [-0.2, 0) is 23.1 Å². The number of fused-ring (bicyclic) bond motifs is 2. The number of piperidine rings is 1. The SMILES string of the molecule is O=c1[nH]c(N2CCOCC2)nc2c1CCC21CCN(Cc2cccc(O)c2Cl)CC1. The quantitative estimate of drug-likeness (QED) is 0.778. The number of nitrogens with zero attached hydrogens (tertiary/aromatic N) is 3. The second-order valence-electron chi connectivity index (χ2n) is 8.62. The van der Waals surface area contributed by atoms with Crippen molar-refractivity contribution in [3.63, 3.8) is 0 Å². The predicted molar refractivity (Wildman–Crippen MR) is 116 cm³/mol. The molecule has 1 aliphatic carbocycles. The fourth-order valence-corrected chi connectivity index (χ4v) is 5.31. The maximum atomic E-state index is 12.8. The number of hydrogen-bond acceptors (Lipinski definition) is 6. The lowest BCUT2D eigenvalue weighted by Crippen LogP contribution is -2.43. The molecule has 3 heterocycles. The van der Waals surface area contributed by atoms with Crippen molar-refractivity contribution >= 4 is 17.5 Å². The first kappa shape index (κ1) is 19.8. The van der Waals surface area contributed by atoms with Crippen LogP contribution in [0.4, 0.5) is 5.95 Å². The van der Waals surface area contributed by atoms with Crippen LogP contribution in [0.2, 0.25) is 5.02 Å². The van der Waals surface area contributed by atoms with Gasteiger partial charge in [0, 0.05) is 30.6 Å². The van der Waals surface area contributed by atoms with E-state index in [0.29, 0.717) is 24.2 Å². The van der Waals surface area contributed by atoms with Crippen LogP contribution in [0.15, 0.2) is 23.0 Å². The summed E-state index contributed by atoms with van der Waals surface area (Å²) in [4.78, 5) is 25.3. The summed E-state index contributed by atoms with van der Waals surface area (Å²) < 4.78 is 5.44. The van der Waals surface area contributed by atoms with E-state index < -0.39 is 0 Å². The maximum absolute atomic E-state index is 12.8. The van der Waals surface area contributed by atoms with Gasteiger partial charge in [-0.2, -0.15) is 0 Å². The van der Waals surface area contributed by atoms with Gasteiger partial charge in [-0.25, -0.2) is 4.98 Å². The molecule has 1 aromatic heterocycles. The van der Waals surface area contributed by atoms with Gasteiger partial charge in [0.05, 0.1) is 23.9 Å². The molecule has 3 aliphatic rings. The summed E-state index contributed by atoms with van der Waals surface area (Å²) in [6.45, 7) is 5.41. The third-order valence-electron chi connectivity index (χ3n) is 6.93. The molecule has 0 radical (unpaired) electrons. The zero-order valence-corrected chi connectivity index (χ0v) is 17.7. The number of phenols is 1. The first-order chi connectivity index (χ1) is 14.6. The molecule has 2 fully saturated rings. The van der Waals surface area contributed by atoms with Crippen molar-refractivity contribution < 1.29 is 9.84 Å². The standard InChI is InChI=1S/C22H27ClN4O3/c23-18-15(2-1-3-17(18)28)14-26-8-6-22(7-9-26)5-4-16-19(22)24-21(25-20(16)29)27-10-12-30-13-11-27/h1-3,28H,4-14H2,(H,24,25,29). The molecule has 160 valence electrons. The van der Waals surface area contributed by atoms with Crippen molar-refractivity contribution in [2.24, 2.45) is 0 Å². The Morgan fingerprint density at radius 2 is 1.93 bits per heavy atom. The topological polar surface area (TPSA) is 81.7 Å². The lowest BCUT2D eigenvalue weighted by Gasteiger charge is -2.39. The molecule has 2 saturated heterocycles. The Labute approximate surface area is 180 Å². The van der Waals surface area contributed by atoms with E-state index in [9.17, 15) is 9.90 Å². The Bertz CT molecular complexity index is 994. The van der Waals surface area contributed by atoms with Gasteiger partial charge in [0.1, 0.15) is 5.75 Å². The number of halogens is 1. The molecule has 30 heavy (non-hydrogen) atoms. The minimum Gasteiger partial charge on any atom is -0.506 e. The van der Waals surface area contributed by atoms with Crippen LogP contribution < -0.4 is 10.5 Å². The van der Waals surface area contributed by atoms with Gasteiger partial charge in [-0.3, -0.25) is 14.7 Å². The first-order valence-corrected chi connectivity index (χ1v) is 11.1. The van der Waals surface area contributed by atoms with E-state index in [4.69, 9.17) is 21.3 Å². The number of phenolic OH excluding ortho intramolecular Hbond substituents is 1. The lowest BCUT2D eigenvalue weighted by molar-refractivity contribution is 0.122. The molecule has 2 aliphatic heterocycles. The molecular weight excluding hydrogens is 404 g/mol. The van der Waals surface area contributed by atoms with E-state index in [-0.39, 0.29) is 16.7 Å². The number of hydrogen-bond donors (Lipinski definition) is 2. The molecule has 0 bridgehead atoms. The second-order valence-corrected chi connectivity index (χ2v) is 9.00. The van der Waals surface area contributed by atoms with Crippen molar-refractivity contribution in [2.75, 3.05) is 44.3 Å². The Hall–Kier alpha value is -2.09. The van der Waals surface area contributed by atoms with Crippen LogP contribution in [0.5, 0.6) is 5.75 Å². The smallest absolute Gasteiger partial charge is 0.255 e. The van der Waals surface area contributed by atoms with E-state index in [1.165, 1.54) is 0 Å². The summed E-state index contributed by atoms with van der Waals surface area (Å²) in [6.07, 6.45) is 3.76. The summed E-state index contributed by atoms with van der Waals surface area (Å²) >= 11 is 6.27. The van der Waals surface area contributed by atoms with Gasteiger partial charge < -0.3 is 14.7 Å². The summed E-state index contributed by atoms with van der Waals surface area (Å²) in [6, 6.07) is 5.41. The van der Waals surface area contributed by atoms with Crippen LogP contribution in [-0.4, -0.2) is 59.4 Å². The van der Waals surface area contributed by atoms with Gasteiger partial charge in [-0.1, -0.05) is 23.7 Å². The molecule has 0 unspecified atom stereocenters. The molecule has 2 aromatic rings. The highest BCUT2D eigenvalue weighted by atomic mass is 35.5. The molecule has 5 rings (SSSR count). The molecule has 1 aromatic carbocycles. The Kier molecular flexibility index (Phi) is 5.21. The fraction of sp³-hybridized carbons (Fsp3) is 0.545. The minimum atomic E-state index is -0.0102. The largest absolute Gasteiger partial charge is 0.506 e. The Morgan fingerprint density at radius 1 is 1.17 bits per heavy atom. The molecule has 0 amide bonds. The van der Waals surface area contributed by atoms with Crippen LogP contribution in [0.1, 0.15) is 36.1 Å². The monoisotopic (exact) mass is 430 g/mol. The van der Waals surface area contributed by atoms with Gasteiger partial charge in [0.25, 0.3) is 5.56 Å². The van der Waals surface area contributed by atoms with Gasteiger partial charge >= 0.3 is 0 Å². The fourth-order valence-electron chi connectivity index (χ4n) is 5.12. The Morgan fingerprint density at radius 3 is 2.70 bits per heavy atom. The first-order valence-electron chi connectivity index (χ1n) is 10.7. The summed E-state index contributed by atoms with van der Waals surface area (Å²) in [7, 11) is 0. The van der Waals surface area contributed by atoms with Crippen molar-refractivity contribution in [3.8, 4) is 5.75 Å². The average molecular weight is 431 g/mol. The third kappa shape index (κ3) is 3.49. The Balaban J connectivity index is 1.35. The van der Waals surface area contributed by atoms with Crippen LogP contribution in [0.3, 0.4) is 0 Å². The summed E-state index contributed by atoms with van der Waals surface area (Å²) in [5.74, 6) is 0.823. The molecule has 0 saturated carbocycles. The van der Waals surface area contributed by atoms with Gasteiger partial charge in [0.15, 0.2) is 0 Å². The molecule has 8 heteroatoms. The zero-order chi connectivity index (χ0) is 20.7. The van der Waals surface area contributed by atoms with E-state index >= 15 is 0 Å². The van der Waals surface area contributed by atoms with E-state index in [1.54, 1.807) is 6.07 Å². The van der Waals surface area contributed by atoms with Crippen LogP contribution in [0.25, 0.3) is 0 Å². The number of aromatic nitrogens is 2. The van der Waals surface area contributed by atoms with E-state index in [1.807, 2.05) is 12.1 Å². The average Bonchev–Trinajstić information content (AvgIpc) is 3.12. The van der Waals surface area contributed by atoms with E-state index in [2.05, 4.69) is 14.8 Å². The lowest BCUT2D eigenvalue weighted by atomic mass is 9.76. The van der Waals surface area contributed by atoms with Gasteiger partial charge in [-0.15, -0.1) is 0 Å². The van der Waals surface area contributed by atoms with E-state index in [0.717, 1.165) is 75.2 Å². The molecule has 0 atom stereocenters. The number of anilines is 1. The highest BCUT2D eigenvalue weighted by molar-refractivity contribution is 6.32. The molecule has 1 spiro atoms. The summed E-state index contributed by atoms with van der Waals surface area (Å²) in [5, 5.41) is 10.3. The van der Waals surface area contributed by atoms with Gasteiger partial charge in [-0.05, 0) is 50.4 Å². The maximum Gasteiger partial charge on any atom is 0.255 e. The number of aromatic amines is 1. The molecule has 7 nitrogen and oxygen atoms in total. The number of likely N-dealkylation sites (tertiary alicyclic amines) is 1. The van der Waals surface area contributed by atoms with Crippen LogP contribution in [0, 0.1) is 0 Å². The van der Waals surface area contributed by atoms with Crippen LogP contribution >= 0.6 is 11.6 Å². The minimum absolute atomic E-state index is 0.0102. The number of aromatic hydroxyl groups is 1. The second kappa shape index (κ2) is 7.87. The van der Waals surface area contributed by atoms with Crippen molar-refractivity contribution in [2.45, 2.75) is 37.6 Å². The number of benzene rings is 1. The van der Waals surface area contributed by atoms with Gasteiger partial charge in [0.2, 0.25) is 5.95 Å². The molecule has 2 N–H and O–H groups in total. The number of H-pyrrole nitrogens is 1. The number of ether oxygens (including phenoxy) is 1. The number of rotatable bonds is 3. The highest BCUT2D eigenvalue weighted by Crippen LogP contribution is 2.45. The van der Waals surface area contributed by atoms with Crippen molar-refractivity contribution in [3.05, 3.63) is 50.4 Å². The highest BCUT2D eigenvalue weighted by Gasteiger charge is 2.44. The number of morpholine rings is 1. The zero-order valence-electron chi connectivity index (χ0n) is 17.0. The van der Waals surface area contributed by atoms with Crippen molar-refractivity contribution in [1.82, 2.24) is 14.9 Å². The third-order valence-corrected chi connectivity index (χ3v) is 7.37. The number of nitrogens with one attached hydrogen (secondary N) is 1. The summed E-state index contributed by atoms with van der Waals surface area (Å²) in [5.41, 5.74) is 2.85. The predicted octanol–water partition coefficient (Wildman–Crippen LogP) is 2.45. The van der Waals surface area contributed by atoms with Crippen molar-refractivity contribution in [1.29, 1.82) is 0 Å².